The number of methoxy groups -OCH3 is 1. The van der Waals surface area contributed by atoms with E-state index in [1.807, 2.05) is 46.8 Å². The first kappa shape index (κ1) is 25.3. The number of rotatable bonds is 5. The lowest BCUT2D eigenvalue weighted by Crippen LogP contribution is -2.28. The Labute approximate surface area is 210 Å². The van der Waals surface area contributed by atoms with E-state index in [2.05, 4.69) is 19.8 Å². The second-order valence-electron chi connectivity index (χ2n) is 8.70. The van der Waals surface area contributed by atoms with Crippen LogP contribution in [0.15, 0.2) is 36.5 Å². The summed E-state index contributed by atoms with van der Waals surface area (Å²) in [5, 5.41) is 2.93. The van der Waals surface area contributed by atoms with Crippen LogP contribution in [0, 0.1) is 20.8 Å². The van der Waals surface area contributed by atoms with Crippen LogP contribution in [0.1, 0.15) is 50.4 Å². The van der Waals surface area contributed by atoms with E-state index in [4.69, 9.17) is 9.72 Å². The van der Waals surface area contributed by atoms with Crippen molar-refractivity contribution in [3.05, 3.63) is 58.8 Å². The summed E-state index contributed by atoms with van der Waals surface area (Å²) in [4.78, 5) is 22.3. The molecule has 2 aliphatic rings. The van der Waals surface area contributed by atoms with Gasteiger partial charge < -0.3 is 19.5 Å². The van der Waals surface area contributed by atoms with Crippen LogP contribution < -0.4 is 19.5 Å². The highest BCUT2D eigenvalue weighted by molar-refractivity contribution is 6.01. The summed E-state index contributed by atoms with van der Waals surface area (Å²) in [6.07, 6.45) is -0.810. The fraction of sp³-hybridized carbons (Fsp3) is 0.370. The molecule has 192 valence electrons. The Kier molecular flexibility index (Phi) is 6.60. The van der Waals surface area contributed by atoms with Crippen molar-refractivity contribution in [3.63, 3.8) is 0 Å². The smallest absolute Gasteiger partial charge is 0.481 e. The summed E-state index contributed by atoms with van der Waals surface area (Å²) in [6.45, 7) is 9.87. The lowest BCUT2D eigenvalue weighted by Gasteiger charge is -2.18. The van der Waals surface area contributed by atoms with Crippen LogP contribution in [-0.4, -0.2) is 29.3 Å². The summed E-state index contributed by atoms with van der Waals surface area (Å²) in [7, 11) is 1.56. The lowest BCUT2D eigenvalue weighted by molar-refractivity contribution is -0.286. The van der Waals surface area contributed by atoms with Crippen molar-refractivity contribution in [3.8, 4) is 28.6 Å². The van der Waals surface area contributed by atoms with Crippen LogP contribution in [-0.2, 0) is 10.2 Å². The Morgan fingerprint density at radius 2 is 1.75 bits per heavy atom. The molecule has 0 unspecified atom stereocenters. The number of pyridine rings is 2. The maximum Gasteiger partial charge on any atom is 0.586 e. The average Bonchev–Trinajstić information content (AvgIpc) is 3.59. The number of aryl methyl sites for hydroxylation is 2. The summed E-state index contributed by atoms with van der Waals surface area (Å²) >= 11 is 0. The topological polar surface area (TPSA) is 82.6 Å². The van der Waals surface area contributed by atoms with Crippen molar-refractivity contribution in [2.45, 2.75) is 59.2 Å². The first-order chi connectivity index (χ1) is 17.1. The highest BCUT2D eigenvalue weighted by Crippen LogP contribution is 2.52. The molecular weight excluding hydrogens is 468 g/mol. The van der Waals surface area contributed by atoms with Gasteiger partial charge in [-0.25, -0.2) is 9.97 Å². The zero-order valence-corrected chi connectivity index (χ0v) is 21.2. The van der Waals surface area contributed by atoms with E-state index in [-0.39, 0.29) is 18.8 Å². The second-order valence-corrected chi connectivity index (χ2v) is 8.70. The number of nitrogens with zero attached hydrogens (tertiary/aromatic N) is 2. The van der Waals surface area contributed by atoms with E-state index in [9.17, 15) is 13.6 Å². The van der Waals surface area contributed by atoms with Gasteiger partial charge in [0.15, 0.2) is 11.5 Å². The van der Waals surface area contributed by atoms with E-state index in [1.54, 1.807) is 19.4 Å². The van der Waals surface area contributed by atoms with Crippen LogP contribution in [0.25, 0.3) is 11.3 Å². The maximum absolute atomic E-state index is 13.4. The first-order valence-corrected chi connectivity index (χ1v) is 11.8. The molecule has 1 amide bonds. The Bertz CT molecular complexity index is 1330. The zero-order valence-electron chi connectivity index (χ0n) is 21.2. The molecule has 1 saturated carbocycles. The number of carbonyl (C=O) groups excluding carboxylic acids is 1. The largest absolute Gasteiger partial charge is 0.586 e. The Balaban J connectivity index is 0.00000124. The molecule has 1 aliphatic heterocycles. The van der Waals surface area contributed by atoms with Gasteiger partial charge >= 0.3 is 6.29 Å². The molecule has 36 heavy (non-hydrogen) atoms. The van der Waals surface area contributed by atoms with Gasteiger partial charge in [-0.2, -0.15) is 0 Å². The van der Waals surface area contributed by atoms with Crippen molar-refractivity contribution in [1.82, 2.24) is 9.97 Å². The summed E-state index contributed by atoms with van der Waals surface area (Å²) < 4.78 is 41.0. The fourth-order valence-corrected chi connectivity index (χ4v) is 4.21. The normalized spacial score (nSPS) is 16.0. The van der Waals surface area contributed by atoms with Gasteiger partial charge in [-0.05, 0) is 74.1 Å². The number of ether oxygens (including phenoxy) is 3. The lowest BCUT2D eigenvalue weighted by atomic mass is 9.94. The van der Waals surface area contributed by atoms with Crippen LogP contribution in [0.2, 0.25) is 0 Å². The highest BCUT2D eigenvalue weighted by atomic mass is 19.3. The minimum atomic E-state index is -3.70. The number of hydrogen-bond acceptors (Lipinski definition) is 6. The number of amides is 1. The number of fused-ring (bicyclic) bond motifs is 1. The highest BCUT2D eigenvalue weighted by Gasteiger charge is 2.53. The van der Waals surface area contributed by atoms with E-state index < -0.39 is 11.7 Å². The molecule has 0 spiro atoms. The number of carbonyl (C=O) groups is 1. The van der Waals surface area contributed by atoms with Gasteiger partial charge in [-0.3, -0.25) is 4.79 Å². The number of aromatic nitrogens is 2. The van der Waals surface area contributed by atoms with Crippen molar-refractivity contribution < 1.29 is 29.2 Å². The monoisotopic (exact) mass is 499 g/mol. The van der Waals surface area contributed by atoms with Crippen LogP contribution in [0.3, 0.4) is 0 Å². The van der Waals surface area contributed by atoms with Gasteiger partial charge in [0, 0.05) is 19.3 Å². The molecule has 0 radical (unpaired) electrons. The second kappa shape index (κ2) is 9.37. The molecule has 3 heterocycles. The molecule has 5 rings (SSSR count). The zero-order chi connectivity index (χ0) is 26.3. The molecule has 9 heteroatoms. The van der Waals surface area contributed by atoms with E-state index in [0.29, 0.717) is 30.1 Å². The molecule has 0 atom stereocenters. The van der Waals surface area contributed by atoms with Crippen molar-refractivity contribution >= 4 is 11.7 Å². The molecule has 1 N–H and O–H groups in total. The third kappa shape index (κ3) is 4.57. The molecular formula is C27H31F2N3O4. The number of benzene rings is 1. The summed E-state index contributed by atoms with van der Waals surface area (Å²) in [5.74, 6) is 0.558. The first-order valence-electron chi connectivity index (χ1n) is 11.8. The van der Waals surface area contributed by atoms with Crippen LogP contribution >= 0.6 is 0 Å². The molecule has 3 aromatic rings. The SMILES string of the molecule is CC.COc1cc(C)c(-c2nc(NC(=O)C3(c4ccc5c(c4)OC(F)(F)O5)CC3)cc(C)c2C)cn1.[HH]. The van der Waals surface area contributed by atoms with Crippen molar-refractivity contribution in [1.29, 1.82) is 0 Å². The number of halogens is 2. The third-order valence-electron chi connectivity index (χ3n) is 6.46. The Hall–Kier alpha value is -3.75. The number of hydrogen-bond donors (Lipinski definition) is 1. The van der Waals surface area contributed by atoms with Crippen molar-refractivity contribution in [2.75, 3.05) is 12.4 Å². The third-order valence-corrected chi connectivity index (χ3v) is 6.46. The van der Waals surface area contributed by atoms with Gasteiger partial charge in [0.1, 0.15) is 5.82 Å². The summed E-state index contributed by atoms with van der Waals surface area (Å²) in [5.41, 5.74) is 4.23. The predicted octanol–water partition coefficient (Wildman–Crippen LogP) is 6.34. The molecule has 1 aromatic carbocycles. The van der Waals surface area contributed by atoms with E-state index in [0.717, 1.165) is 27.9 Å². The minimum Gasteiger partial charge on any atom is -0.481 e. The number of anilines is 1. The van der Waals surface area contributed by atoms with Gasteiger partial charge in [0.25, 0.3) is 0 Å². The molecule has 7 nitrogen and oxygen atoms in total. The van der Waals surface area contributed by atoms with Gasteiger partial charge in [-0.15, -0.1) is 8.78 Å². The van der Waals surface area contributed by atoms with Gasteiger partial charge in [0.05, 0.1) is 18.2 Å². The molecule has 0 saturated heterocycles. The Morgan fingerprint density at radius 1 is 1.06 bits per heavy atom. The molecule has 1 fully saturated rings. The molecule has 1 aliphatic carbocycles. The average molecular weight is 500 g/mol. The van der Waals surface area contributed by atoms with E-state index in [1.165, 1.54) is 12.1 Å². The van der Waals surface area contributed by atoms with Crippen molar-refractivity contribution in [2.24, 2.45) is 0 Å². The molecule has 0 bridgehead atoms. The quantitative estimate of drug-likeness (QED) is 0.441. The number of nitrogens with one attached hydrogen (secondary N) is 1. The predicted molar refractivity (Wildman–Crippen MR) is 134 cm³/mol. The van der Waals surface area contributed by atoms with Crippen LogP contribution in [0.5, 0.6) is 17.4 Å². The number of alkyl halides is 2. The fourth-order valence-electron chi connectivity index (χ4n) is 4.21. The van der Waals surface area contributed by atoms with Crippen LogP contribution in [0.4, 0.5) is 14.6 Å². The standard InChI is InChI=1S/C25H23F2N3O4.C2H6.H2/c1-13-9-20(29-22(15(13)3)17-12-28-21(32-4)10-14(17)2)30-23(31)24(7-8-24)16-5-6-18-19(11-16)34-25(26,27)33-18;1-2;/h5-6,9-12H,7-8H2,1-4H3,(H,29,30,31);1-2H3;1H. The van der Waals surface area contributed by atoms with E-state index >= 15 is 0 Å². The van der Waals surface area contributed by atoms with Gasteiger partial charge in [-0.1, -0.05) is 19.9 Å². The van der Waals surface area contributed by atoms with Gasteiger partial charge in [0.2, 0.25) is 11.8 Å². The maximum atomic E-state index is 13.4. The summed E-state index contributed by atoms with van der Waals surface area (Å²) in [6, 6.07) is 8.14. The minimum absolute atomic E-state index is 0. The molecule has 2 aromatic heterocycles. The Morgan fingerprint density at radius 3 is 2.39 bits per heavy atom.